The minimum Gasteiger partial charge on any atom is -0.360 e. The van der Waals surface area contributed by atoms with E-state index in [-0.39, 0.29) is 11.5 Å². The molecule has 0 saturated heterocycles. The maximum atomic E-state index is 13.8. The van der Waals surface area contributed by atoms with Crippen molar-refractivity contribution in [3.8, 4) is 0 Å². The minimum absolute atomic E-state index is 0.0213. The third kappa shape index (κ3) is 3.59. The summed E-state index contributed by atoms with van der Waals surface area (Å²) in [5, 5.41) is 8.49. The number of anilines is 2. The summed E-state index contributed by atoms with van der Waals surface area (Å²) in [7, 11) is 0. The van der Waals surface area contributed by atoms with Gasteiger partial charge in [0, 0.05) is 12.1 Å². The third-order valence-electron chi connectivity index (χ3n) is 3.10. The number of carbonyl (C=O) groups is 2. The van der Waals surface area contributed by atoms with E-state index in [1.807, 2.05) is 0 Å². The van der Waals surface area contributed by atoms with Gasteiger partial charge in [-0.2, -0.15) is 26.3 Å². The summed E-state index contributed by atoms with van der Waals surface area (Å²) in [6.45, 7) is 2.58. The van der Waals surface area contributed by atoms with Crippen LogP contribution >= 0.6 is 0 Å². The third-order valence-corrected chi connectivity index (χ3v) is 3.10. The van der Waals surface area contributed by atoms with Crippen LogP contribution in [0.25, 0.3) is 0 Å². The molecule has 0 unspecified atom stereocenters. The summed E-state index contributed by atoms with van der Waals surface area (Å²) < 4.78 is 91.5. The average Bonchev–Trinajstić information content (AvgIpc) is 3.15. The zero-order valence-electron chi connectivity index (χ0n) is 13.4. The van der Waals surface area contributed by atoms with Gasteiger partial charge in [-0.25, -0.2) is 0 Å². The number of amides is 2. The van der Waals surface area contributed by atoms with Gasteiger partial charge < -0.3 is 19.7 Å². The van der Waals surface area contributed by atoms with Crippen molar-refractivity contribution in [3.05, 3.63) is 23.7 Å². The maximum Gasteiger partial charge on any atom is 0.393 e. The van der Waals surface area contributed by atoms with Crippen LogP contribution in [0.15, 0.2) is 21.2 Å². The molecule has 148 valence electrons. The van der Waals surface area contributed by atoms with E-state index in [1.54, 1.807) is 0 Å². The zero-order valence-corrected chi connectivity index (χ0v) is 13.4. The van der Waals surface area contributed by atoms with E-state index >= 15 is 0 Å². The molecule has 0 aliphatic carbocycles. The van der Waals surface area contributed by atoms with Gasteiger partial charge in [0.2, 0.25) is 0 Å². The maximum absolute atomic E-state index is 13.8. The fourth-order valence-corrected chi connectivity index (χ4v) is 1.72. The van der Waals surface area contributed by atoms with Gasteiger partial charge in [-0.15, -0.1) is 0 Å². The van der Waals surface area contributed by atoms with E-state index < -0.39 is 41.2 Å². The molecule has 2 rings (SSSR count). The molecule has 0 aliphatic heterocycles. The highest BCUT2D eigenvalue weighted by Gasteiger charge is 2.78. The number of hydrogen-bond acceptors (Lipinski definition) is 6. The number of hydrogen-bond donors (Lipinski definition) is 2. The van der Waals surface area contributed by atoms with E-state index in [9.17, 15) is 35.9 Å². The lowest BCUT2D eigenvalue weighted by molar-refractivity contribution is -0.283. The highest BCUT2D eigenvalue weighted by atomic mass is 19.3. The van der Waals surface area contributed by atoms with Gasteiger partial charge >= 0.3 is 29.6 Å². The highest BCUT2D eigenvalue weighted by molar-refractivity contribution is 6.00. The summed E-state index contributed by atoms with van der Waals surface area (Å²) in [6.07, 6.45) is 0. The number of alkyl halides is 6. The molecule has 27 heavy (non-hydrogen) atoms. The molecule has 2 N–H and O–H groups in total. The van der Waals surface area contributed by atoms with Gasteiger partial charge in [0.15, 0.2) is 11.6 Å². The Morgan fingerprint density at radius 3 is 1.41 bits per heavy atom. The molecule has 8 nitrogen and oxygen atoms in total. The lowest BCUT2D eigenvalue weighted by Gasteiger charge is -2.30. The smallest absolute Gasteiger partial charge is 0.360 e. The Morgan fingerprint density at radius 2 is 1.15 bits per heavy atom. The Labute approximate surface area is 145 Å². The molecule has 2 aromatic heterocycles. The largest absolute Gasteiger partial charge is 0.393 e. The van der Waals surface area contributed by atoms with Crippen LogP contribution in [0.3, 0.4) is 0 Å². The van der Waals surface area contributed by atoms with Crippen molar-refractivity contribution >= 4 is 23.5 Å². The summed E-state index contributed by atoms with van der Waals surface area (Å²) in [5.41, 5.74) is 0. The van der Waals surface area contributed by atoms with Gasteiger partial charge in [0.25, 0.3) is 0 Å². The van der Waals surface area contributed by atoms with Crippen LogP contribution in [0.2, 0.25) is 0 Å². The molecule has 0 atom stereocenters. The minimum atomic E-state index is -6.40. The monoisotopic (exact) mass is 400 g/mol. The van der Waals surface area contributed by atoms with Crippen molar-refractivity contribution in [1.82, 2.24) is 10.3 Å². The van der Waals surface area contributed by atoms with Crippen LogP contribution in [-0.2, 0) is 9.59 Å². The van der Waals surface area contributed by atoms with Crippen molar-refractivity contribution in [1.29, 1.82) is 0 Å². The zero-order chi connectivity index (χ0) is 20.6. The summed E-state index contributed by atoms with van der Waals surface area (Å²) >= 11 is 0. The number of nitrogens with zero attached hydrogens (tertiary/aromatic N) is 2. The van der Waals surface area contributed by atoms with Crippen molar-refractivity contribution in [2.45, 2.75) is 31.6 Å². The van der Waals surface area contributed by atoms with Gasteiger partial charge in [-0.05, 0) is 13.8 Å². The van der Waals surface area contributed by atoms with Crippen molar-refractivity contribution < 1.29 is 45.0 Å². The number of aromatic nitrogens is 2. The predicted molar refractivity (Wildman–Crippen MR) is 74.6 cm³/mol. The SMILES string of the molecule is Cc1cc(NC(=O)C(F)(F)C(F)(F)C(F)(F)C(=O)Nc2cc(C)on2)no1. The Balaban J connectivity index is 2.23. The standard InChI is InChI=1S/C13H10F6N4O4/c1-5-3-7(22-26-5)20-9(24)11(14,15)13(18,19)12(16,17)10(25)21-8-4-6(2)27-23-8/h3-4H,1-2H3,(H,20,22,24)(H,21,23,25). The summed E-state index contributed by atoms with van der Waals surface area (Å²) in [5.74, 6) is -25.4. The molecule has 0 aliphatic rings. The average molecular weight is 400 g/mol. The fourth-order valence-electron chi connectivity index (χ4n) is 1.72. The molecule has 0 bridgehead atoms. The van der Waals surface area contributed by atoms with Crippen LogP contribution in [0, 0.1) is 13.8 Å². The number of nitrogens with one attached hydrogen (secondary N) is 2. The van der Waals surface area contributed by atoms with Crippen molar-refractivity contribution in [2.24, 2.45) is 0 Å². The second kappa shape index (κ2) is 6.59. The Bertz CT molecular complexity index is 794. The lowest BCUT2D eigenvalue weighted by atomic mass is 10.0. The first-order chi connectivity index (χ1) is 12.3. The van der Waals surface area contributed by atoms with Crippen LogP contribution in [-0.4, -0.2) is 39.9 Å². The van der Waals surface area contributed by atoms with Gasteiger partial charge in [0.1, 0.15) is 11.5 Å². The number of aryl methyl sites for hydroxylation is 2. The number of rotatable bonds is 6. The molecule has 0 saturated carbocycles. The van der Waals surface area contributed by atoms with Crippen LogP contribution in [0.5, 0.6) is 0 Å². The molecule has 2 aromatic rings. The topological polar surface area (TPSA) is 110 Å². The van der Waals surface area contributed by atoms with E-state index in [0.29, 0.717) is 0 Å². The van der Waals surface area contributed by atoms with E-state index in [4.69, 9.17) is 0 Å². The summed E-state index contributed by atoms with van der Waals surface area (Å²) in [4.78, 5) is 22.8. The number of halogens is 6. The van der Waals surface area contributed by atoms with Gasteiger partial charge in [0.05, 0.1) is 0 Å². The fraction of sp³-hybridized carbons (Fsp3) is 0.385. The molecule has 0 fully saturated rings. The van der Waals surface area contributed by atoms with E-state index in [0.717, 1.165) is 12.1 Å². The molecule has 0 spiro atoms. The van der Waals surface area contributed by atoms with Gasteiger partial charge in [-0.1, -0.05) is 10.3 Å². The van der Waals surface area contributed by atoms with Crippen LogP contribution < -0.4 is 10.6 Å². The number of carbonyl (C=O) groups excluding carboxylic acids is 2. The Kier molecular flexibility index (Phi) is 4.94. The lowest BCUT2D eigenvalue weighted by Crippen LogP contribution is -2.63. The van der Waals surface area contributed by atoms with E-state index in [1.165, 1.54) is 24.5 Å². The predicted octanol–water partition coefficient (Wildman–Crippen LogP) is 2.76. The Hall–Kier alpha value is -3.06. The van der Waals surface area contributed by atoms with Crippen molar-refractivity contribution in [3.63, 3.8) is 0 Å². The van der Waals surface area contributed by atoms with Crippen LogP contribution in [0.4, 0.5) is 38.0 Å². The molecular weight excluding hydrogens is 390 g/mol. The molecule has 0 radical (unpaired) electrons. The van der Waals surface area contributed by atoms with Gasteiger partial charge in [-0.3, -0.25) is 9.59 Å². The molecular formula is C13H10F6N4O4. The van der Waals surface area contributed by atoms with Crippen molar-refractivity contribution in [2.75, 3.05) is 10.6 Å². The quantitative estimate of drug-likeness (QED) is 0.722. The first-order valence-corrected chi connectivity index (χ1v) is 6.92. The second-order valence-electron chi connectivity index (χ2n) is 5.28. The molecule has 2 heterocycles. The molecule has 14 heteroatoms. The van der Waals surface area contributed by atoms with Crippen LogP contribution in [0.1, 0.15) is 11.5 Å². The van der Waals surface area contributed by atoms with E-state index in [2.05, 4.69) is 19.4 Å². The summed E-state index contributed by atoms with van der Waals surface area (Å²) in [6, 6.07) is 1.76. The molecule has 2 amide bonds. The molecule has 0 aromatic carbocycles. The second-order valence-corrected chi connectivity index (χ2v) is 5.28. The highest BCUT2D eigenvalue weighted by Crippen LogP contribution is 2.46. The normalized spacial score (nSPS) is 12.7. The first-order valence-electron chi connectivity index (χ1n) is 6.92. The Morgan fingerprint density at radius 1 is 0.815 bits per heavy atom. The first kappa shape index (κ1) is 20.3.